The molecule has 3 nitrogen and oxygen atoms in total. The maximum Gasteiger partial charge on any atom is 0.294 e. The van der Waals surface area contributed by atoms with E-state index in [1.165, 1.54) is 0 Å². The predicted molar refractivity (Wildman–Crippen MR) is 91.0 cm³/mol. The molecule has 0 aliphatic carbocycles. The van der Waals surface area contributed by atoms with Gasteiger partial charge in [0.25, 0.3) is 10.1 Å². The van der Waals surface area contributed by atoms with Crippen molar-refractivity contribution in [2.75, 3.05) is 0 Å². The molecule has 0 heterocycles. The topological polar surface area (TPSA) is 54.4 Å². The van der Waals surface area contributed by atoms with Gasteiger partial charge in [-0.3, -0.25) is 4.55 Å². The van der Waals surface area contributed by atoms with Gasteiger partial charge >= 0.3 is 0 Å². The highest BCUT2D eigenvalue weighted by Crippen LogP contribution is 2.31. The largest absolute Gasteiger partial charge is 0.294 e. The molecule has 22 heavy (non-hydrogen) atoms. The summed E-state index contributed by atoms with van der Waals surface area (Å²) in [5, 5.41) is 1.98. The summed E-state index contributed by atoms with van der Waals surface area (Å²) in [6, 6.07) is 9.44. The number of unbranched alkanes of at least 4 members (excludes halogenated alkanes) is 2. The van der Waals surface area contributed by atoms with Gasteiger partial charge in [0.1, 0.15) is 0 Å². The Labute approximate surface area is 133 Å². The maximum absolute atomic E-state index is 11.8. The minimum atomic E-state index is -4.20. The molecule has 4 heteroatoms. The molecule has 0 aliphatic rings. The molecule has 2 rings (SSSR count). The van der Waals surface area contributed by atoms with E-state index in [-0.39, 0.29) is 4.90 Å². The standard InChI is InChI=1S/C18H24O3S/c1-3-5-10-16-15-12-8-7-9-14(15)13-18(22(19,20)21)17(16)11-6-4-2/h7-9,12-13H,3-6,10-11H2,1-2H3,(H,19,20,21). The van der Waals surface area contributed by atoms with E-state index in [2.05, 4.69) is 13.8 Å². The van der Waals surface area contributed by atoms with Gasteiger partial charge in [-0.25, -0.2) is 0 Å². The molecule has 1 N–H and O–H groups in total. The number of hydrogen-bond donors (Lipinski definition) is 1. The van der Waals surface area contributed by atoms with E-state index < -0.39 is 10.1 Å². The summed E-state index contributed by atoms with van der Waals surface area (Å²) in [6.45, 7) is 4.21. The molecule has 0 fully saturated rings. The van der Waals surface area contributed by atoms with Crippen LogP contribution >= 0.6 is 0 Å². The minimum absolute atomic E-state index is 0.0887. The Morgan fingerprint density at radius 2 is 1.55 bits per heavy atom. The quantitative estimate of drug-likeness (QED) is 0.747. The number of hydrogen-bond acceptors (Lipinski definition) is 2. The lowest BCUT2D eigenvalue weighted by atomic mass is 9.92. The Hall–Kier alpha value is -1.39. The van der Waals surface area contributed by atoms with Crippen LogP contribution in [0.15, 0.2) is 35.2 Å². The Morgan fingerprint density at radius 3 is 2.14 bits per heavy atom. The third kappa shape index (κ3) is 3.68. The zero-order valence-corrected chi connectivity index (χ0v) is 14.1. The van der Waals surface area contributed by atoms with Crippen molar-refractivity contribution in [2.24, 2.45) is 0 Å². The van der Waals surface area contributed by atoms with Gasteiger partial charge in [-0.1, -0.05) is 51.0 Å². The summed E-state index contributed by atoms with van der Waals surface area (Å²) in [7, 11) is -4.20. The van der Waals surface area contributed by atoms with Crippen LogP contribution in [-0.4, -0.2) is 13.0 Å². The van der Waals surface area contributed by atoms with Crippen molar-refractivity contribution in [2.45, 2.75) is 57.3 Å². The van der Waals surface area contributed by atoms with E-state index in [9.17, 15) is 13.0 Å². The Kier molecular flexibility index (Phi) is 5.59. The van der Waals surface area contributed by atoms with Gasteiger partial charge in [0.2, 0.25) is 0 Å². The lowest BCUT2D eigenvalue weighted by molar-refractivity contribution is 0.481. The Bertz CT molecular complexity index is 748. The van der Waals surface area contributed by atoms with Crippen LogP contribution in [0.5, 0.6) is 0 Å². The zero-order chi connectivity index (χ0) is 16.2. The van der Waals surface area contributed by atoms with Crippen molar-refractivity contribution in [3.05, 3.63) is 41.5 Å². The van der Waals surface area contributed by atoms with Gasteiger partial charge in [0.05, 0.1) is 4.90 Å². The highest BCUT2D eigenvalue weighted by molar-refractivity contribution is 7.85. The first-order chi connectivity index (χ1) is 10.5. The molecule has 0 spiro atoms. The summed E-state index contributed by atoms with van der Waals surface area (Å²) < 4.78 is 33.3. The van der Waals surface area contributed by atoms with Crippen molar-refractivity contribution in [1.29, 1.82) is 0 Å². The molecule has 0 saturated heterocycles. The molecule has 0 amide bonds. The number of aryl methyl sites for hydroxylation is 1. The molecule has 2 aromatic rings. The minimum Gasteiger partial charge on any atom is -0.282 e. The van der Waals surface area contributed by atoms with Crippen molar-refractivity contribution >= 4 is 20.9 Å². The third-order valence-corrected chi connectivity index (χ3v) is 4.99. The zero-order valence-electron chi connectivity index (χ0n) is 13.3. The van der Waals surface area contributed by atoms with Crippen LogP contribution in [0.4, 0.5) is 0 Å². The van der Waals surface area contributed by atoms with Gasteiger partial charge in [0.15, 0.2) is 0 Å². The molecule has 0 bridgehead atoms. The fraction of sp³-hybridized carbons (Fsp3) is 0.444. The van der Waals surface area contributed by atoms with Gasteiger partial charge in [-0.15, -0.1) is 0 Å². The molecular weight excluding hydrogens is 296 g/mol. The first-order valence-corrected chi connectivity index (χ1v) is 9.44. The van der Waals surface area contributed by atoms with Crippen LogP contribution in [-0.2, 0) is 23.0 Å². The lowest BCUT2D eigenvalue weighted by Gasteiger charge is -2.16. The lowest BCUT2D eigenvalue weighted by Crippen LogP contribution is -2.08. The van der Waals surface area contributed by atoms with E-state index >= 15 is 0 Å². The highest BCUT2D eigenvalue weighted by Gasteiger charge is 2.20. The van der Waals surface area contributed by atoms with Gasteiger partial charge in [0, 0.05) is 0 Å². The van der Waals surface area contributed by atoms with Crippen molar-refractivity contribution in [1.82, 2.24) is 0 Å². The summed E-state index contributed by atoms with van der Waals surface area (Å²) in [5.74, 6) is 0. The van der Waals surface area contributed by atoms with E-state index in [1.807, 2.05) is 24.3 Å². The van der Waals surface area contributed by atoms with E-state index in [1.54, 1.807) is 6.07 Å². The Morgan fingerprint density at radius 1 is 0.955 bits per heavy atom. The smallest absolute Gasteiger partial charge is 0.282 e. The van der Waals surface area contributed by atoms with E-state index in [4.69, 9.17) is 0 Å². The van der Waals surface area contributed by atoms with Crippen molar-refractivity contribution in [3.63, 3.8) is 0 Å². The second-order valence-electron chi connectivity index (χ2n) is 5.74. The van der Waals surface area contributed by atoms with Crippen LogP contribution in [0.2, 0.25) is 0 Å². The van der Waals surface area contributed by atoms with Crippen molar-refractivity contribution in [3.8, 4) is 0 Å². The summed E-state index contributed by atoms with van der Waals surface area (Å²) in [4.78, 5) is 0.0887. The first-order valence-electron chi connectivity index (χ1n) is 8.00. The van der Waals surface area contributed by atoms with E-state index in [0.29, 0.717) is 6.42 Å². The van der Waals surface area contributed by atoms with Gasteiger partial charge < -0.3 is 0 Å². The summed E-state index contributed by atoms with van der Waals surface area (Å²) >= 11 is 0. The molecule has 0 saturated carbocycles. The van der Waals surface area contributed by atoms with Crippen LogP contribution in [0.1, 0.15) is 50.7 Å². The number of fused-ring (bicyclic) bond motifs is 1. The molecule has 2 aromatic carbocycles. The second kappa shape index (κ2) is 7.25. The van der Waals surface area contributed by atoms with Gasteiger partial charge in [-0.2, -0.15) is 8.42 Å². The molecule has 0 aromatic heterocycles. The molecule has 0 unspecified atom stereocenters. The average molecular weight is 320 g/mol. The highest BCUT2D eigenvalue weighted by atomic mass is 32.2. The summed E-state index contributed by atoms with van der Waals surface area (Å²) in [6.07, 6.45) is 5.51. The van der Waals surface area contributed by atoms with Crippen LogP contribution in [0.3, 0.4) is 0 Å². The van der Waals surface area contributed by atoms with Crippen LogP contribution in [0.25, 0.3) is 10.8 Å². The van der Waals surface area contributed by atoms with Crippen LogP contribution < -0.4 is 0 Å². The molecule has 0 atom stereocenters. The van der Waals surface area contributed by atoms with Gasteiger partial charge in [-0.05, 0) is 53.6 Å². The fourth-order valence-corrected chi connectivity index (χ4v) is 3.75. The average Bonchev–Trinajstić information content (AvgIpc) is 2.49. The maximum atomic E-state index is 11.8. The molecular formula is C18H24O3S. The number of benzene rings is 2. The Balaban J connectivity index is 2.75. The predicted octanol–water partition coefficient (Wildman–Crippen LogP) is 4.77. The molecule has 120 valence electrons. The second-order valence-corrected chi connectivity index (χ2v) is 7.13. The molecule has 0 radical (unpaired) electrons. The normalized spacial score (nSPS) is 12.0. The monoisotopic (exact) mass is 320 g/mol. The van der Waals surface area contributed by atoms with Crippen molar-refractivity contribution < 1.29 is 13.0 Å². The van der Waals surface area contributed by atoms with E-state index in [0.717, 1.165) is 54.0 Å². The number of rotatable bonds is 7. The molecule has 0 aliphatic heterocycles. The third-order valence-electron chi connectivity index (χ3n) is 4.07. The van der Waals surface area contributed by atoms with Crippen LogP contribution in [0, 0.1) is 0 Å². The summed E-state index contributed by atoms with van der Waals surface area (Å²) in [5.41, 5.74) is 1.89. The fourth-order valence-electron chi connectivity index (χ4n) is 2.93. The SMILES string of the molecule is CCCCc1c(S(=O)(=O)O)cc2ccccc2c1CCCC. The first kappa shape index (κ1) is 17.0.